The topological polar surface area (TPSA) is 77.2 Å². The Hall–Kier alpha value is -2.37. The number of pyridine rings is 1. The van der Waals surface area contributed by atoms with Crippen LogP contribution in [0.3, 0.4) is 0 Å². The zero-order chi connectivity index (χ0) is 12.1. The Morgan fingerprint density at radius 1 is 1.47 bits per heavy atom. The third-order valence-corrected chi connectivity index (χ3v) is 2.11. The van der Waals surface area contributed by atoms with Gasteiger partial charge in [0.25, 0.3) is 0 Å². The van der Waals surface area contributed by atoms with Crippen molar-refractivity contribution in [1.82, 2.24) is 14.8 Å². The number of carboxylic acids is 1. The van der Waals surface area contributed by atoms with Crippen molar-refractivity contribution in [3.8, 4) is 5.75 Å². The van der Waals surface area contributed by atoms with Gasteiger partial charge in [0.15, 0.2) is 0 Å². The minimum absolute atomic E-state index is 0.113. The van der Waals surface area contributed by atoms with Gasteiger partial charge in [-0.05, 0) is 12.1 Å². The van der Waals surface area contributed by atoms with Gasteiger partial charge in [-0.1, -0.05) is 0 Å². The van der Waals surface area contributed by atoms with E-state index in [1.807, 2.05) is 12.3 Å². The van der Waals surface area contributed by atoms with Crippen LogP contribution in [0.1, 0.15) is 10.4 Å². The van der Waals surface area contributed by atoms with Crippen molar-refractivity contribution in [2.24, 2.45) is 0 Å². The largest absolute Gasteiger partial charge is 0.490 e. The number of carbonyl (C=O) groups is 1. The Kier molecular flexibility index (Phi) is 3.34. The van der Waals surface area contributed by atoms with E-state index in [0.717, 1.165) is 0 Å². The minimum Gasteiger partial charge on any atom is -0.490 e. The molecule has 2 aromatic rings. The lowest BCUT2D eigenvalue weighted by atomic mass is 10.3. The summed E-state index contributed by atoms with van der Waals surface area (Å²) < 4.78 is 7.11. The van der Waals surface area contributed by atoms with Gasteiger partial charge in [0.2, 0.25) is 0 Å². The number of aromatic carboxylic acids is 1. The number of hydrogen-bond donors (Lipinski definition) is 1. The van der Waals surface area contributed by atoms with E-state index in [2.05, 4.69) is 10.1 Å². The van der Waals surface area contributed by atoms with Crippen LogP contribution in [0.4, 0.5) is 0 Å². The van der Waals surface area contributed by atoms with E-state index in [4.69, 9.17) is 9.84 Å². The third kappa shape index (κ3) is 3.04. The zero-order valence-electron chi connectivity index (χ0n) is 8.98. The molecule has 17 heavy (non-hydrogen) atoms. The molecule has 0 saturated carbocycles. The van der Waals surface area contributed by atoms with E-state index < -0.39 is 5.97 Å². The van der Waals surface area contributed by atoms with Crippen molar-refractivity contribution >= 4 is 5.97 Å². The third-order valence-electron chi connectivity index (χ3n) is 2.11. The van der Waals surface area contributed by atoms with E-state index >= 15 is 0 Å². The van der Waals surface area contributed by atoms with E-state index in [1.165, 1.54) is 18.5 Å². The molecule has 6 heteroatoms. The van der Waals surface area contributed by atoms with Crippen molar-refractivity contribution in [3.05, 3.63) is 42.5 Å². The fourth-order valence-corrected chi connectivity index (χ4v) is 1.30. The van der Waals surface area contributed by atoms with Gasteiger partial charge in [0.1, 0.15) is 12.4 Å². The van der Waals surface area contributed by atoms with Gasteiger partial charge >= 0.3 is 5.97 Å². The summed E-state index contributed by atoms with van der Waals surface area (Å²) in [5, 5.41) is 12.8. The predicted molar refractivity (Wildman–Crippen MR) is 58.9 cm³/mol. The van der Waals surface area contributed by atoms with Crippen molar-refractivity contribution < 1.29 is 14.6 Å². The van der Waals surface area contributed by atoms with Gasteiger partial charge < -0.3 is 9.84 Å². The van der Waals surface area contributed by atoms with E-state index in [-0.39, 0.29) is 5.56 Å². The van der Waals surface area contributed by atoms with Gasteiger partial charge in [-0.2, -0.15) is 5.10 Å². The minimum atomic E-state index is -1.02. The van der Waals surface area contributed by atoms with Gasteiger partial charge in [-0.15, -0.1) is 0 Å². The number of hydrogen-bond acceptors (Lipinski definition) is 4. The summed E-state index contributed by atoms with van der Waals surface area (Å²) in [6.45, 7) is 1.01. The zero-order valence-corrected chi connectivity index (χ0v) is 8.98. The molecule has 88 valence electrons. The Labute approximate surface area is 97.5 Å². The van der Waals surface area contributed by atoms with Gasteiger partial charge in [0, 0.05) is 18.6 Å². The Morgan fingerprint density at radius 3 is 3.06 bits per heavy atom. The smallest absolute Gasteiger partial charge is 0.337 e. The van der Waals surface area contributed by atoms with Crippen LogP contribution in [0, 0.1) is 0 Å². The highest BCUT2D eigenvalue weighted by Gasteiger charge is 2.04. The number of nitrogens with zero attached hydrogens (tertiary/aromatic N) is 3. The molecule has 0 aliphatic rings. The molecule has 2 rings (SSSR count). The summed E-state index contributed by atoms with van der Waals surface area (Å²) >= 11 is 0. The SMILES string of the molecule is O=C(O)c1cncc(OCCn2cccn2)c1. The van der Waals surface area contributed by atoms with Gasteiger partial charge in [0.05, 0.1) is 18.3 Å². The number of rotatable bonds is 5. The van der Waals surface area contributed by atoms with Crippen LogP contribution in [-0.2, 0) is 6.54 Å². The maximum Gasteiger partial charge on any atom is 0.337 e. The summed E-state index contributed by atoms with van der Waals surface area (Å²) in [5.74, 6) is -0.577. The molecular formula is C11H11N3O3. The summed E-state index contributed by atoms with van der Waals surface area (Å²) in [6, 6.07) is 3.27. The van der Waals surface area contributed by atoms with E-state index in [1.54, 1.807) is 10.9 Å². The van der Waals surface area contributed by atoms with E-state index in [0.29, 0.717) is 18.9 Å². The maximum atomic E-state index is 10.7. The average molecular weight is 233 g/mol. The molecule has 0 radical (unpaired) electrons. The maximum absolute atomic E-state index is 10.7. The van der Waals surface area contributed by atoms with Crippen molar-refractivity contribution in [2.45, 2.75) is 6.54 Å². The molecule has 0 unspecified atom stereocenters. The number of aromatic nitrogens is 3. The van der Waals surface area contributed by atoms with Crippen LogP contribution >= 0.6 is 0 Å². The Balaban J connectivity index is 1.90. The lowest BCUT2D eigenvalue weighted by Crippen LogP contribution is -2.09. The molecule has 0 amide bonds. The molecule has 0 spiro atoms. The van der Waals surface area contributed by atoms with Crippen LogP contribution in [0.5, 0.6) is 5.75 Å². The van der Waals surface area contributed by atoms with Crippen LogP contribution < -0.4 is 4.74 Å². The van der Waals surface area contributed by atoms with Crippen LogP contribution in [-0.4, -0.2) is 32.4 Å². The fraction of sp³-hybridized carbons (Fsp3) is 0.182. The van der Waals surface area contributed by atoms with Crippen LogP contribution in [0.25, 0.3) is 0 Å². The molecule has 2 aromatic heterocycles. The first-order chi connectivity index (χ1) is 8.25. The number of carboxylic acid groups (broad SMARTS) is 1. The monoisotopic (exact) mass is 233 g/mol. The molecule has 6 nitrogen and oxygen atoms in total. The second-order valence-electron chi connectivity index (χ2n) is 3.33. The molecule has 0 aliphatic heterocycles. The predicted octanol–water partition coefficient (Wildman–Crippen LogP) is 1.06. The Bertz CT molecular complexity index is 496. The average Bonchev–Trinajstić information content (AvgIpc) is 2.82. The van der Waals surface area contributed by atoms with Crippen molar-refractivity contribution in [2.75, 3.05) is 6.61 Å². The number of ether oxygens (including phenoxy) is 1. The second kappa shape index (κ2) is 5.11. The second-order valence-corrected chi connectivity index (χ2v) is 3.33. The lowest BCUT2D eigenvalue weighted by molar-refractivity contribution is 0.0696. The Morgan fingerprint density at radius 2 is 2.35 bits per heavy atom. The molecule has 0 fully saturated rings. The first kappa shape index (κ1) is 11.1. The fourth-order valence-electron chi connectivity index (χ4n) is 1.30. The molecule has 0 saturated heterocycles. The van der Waals surface area contributed by atoms with Gasteiger partial charge in [-0.25, -0.2) is 4.79 Å². The molecule has 2 heterocycles. The normalized spacial score (nSPS) is 10.1. The summed E-state index contributed by atoms with van der Waals surface area (Å²) in [4.78, 5) is 14.5. The van der Waals surface area contributed by atoms with Crippen LogP contribution in [0.2, 0.25) is 0 Å². The first-order valence-corrected chi connectivity index (χ1v) is 5.04. The summed E-state index contributed by atoms with van der Waals surface area (Å²) in [5.41, 5.74) is 0.113. The van der Waals surface area contributed by atoms with Crippen molar-refractivity contribution in [1.29, 1.82) is 0 Å². The molecule has 0 bridgehead atoms. The lowest BCUT2D eigenvalue weighted by Gasteiger charge is -2.06. The molecular weight excluding hydrogens is 222 g/mol. The molecule has 0 aliphatic carbocycles. The molecule has 0 aromatic carbocycles. The molecule has 0 atom stereocenters. The summed E-state index contributed by atoms with van der Waals surface area (Å²) in [6.07, 6.45) is 6.28. The summed E-state index contributed by atoms with van der Waals surface area (Å²) in [7, 11) is 0. The molecule has 1 N–H and O–H groups in total. The van der Waals surface area contributed by atoms with Gasteiger partial charge in [-0.3, -0.25) is 9.67 Å². The quantitative estimate of drug-likeness (QED) is 0.835. The van der Waals surface area contributed by atoms with Crippen LogP contribution in [0.15, 0.2) is 36.9 Å². The highest BCUT2D eigenvalue weighted by molar-refractivity contribution is 5.87. The highest BCUT2D eigenvalue weighted by atomic mass is 16.5. The van der Waals surface area contributed by atoms with E-state index in [9.17, 15) is 4.79 Å². The standard InChI is InChI=1S/C11H11N3O3/c15-11(16)9-6-10(8-12-7-9)17-5-4-14-3-1-2-13-14/h1-3,6-8H,4-5H2,(H,15,16). The highest BCUT2D eigenvalue weighted by Crippen LogP contribution is 2.11. The first-order valence-electron chi connectivity index (χ1n) is 5.04. The van der Waals surface area contributed by atoms with Crippen molar-refractivity contribution in [3.63, 3.8) is 0 Å².